The molecule has 1 aromatic carbocycles. The van der Waals surface area contributed by atoms with Crippen LogP contribution < -0.4 is 5.32 Å². The molecule has 8 heteroatoms. The SMILES string of the molecule is CCOC(=O)C1(CCCNc2ccc(Br)cc2F)CCN(C(=O)OC(C)(C)C)CC1. The Morgan fingerprint density at radius 3 is 2.50 bits per heavy atom. The molecule has 1 aromatic rings. The zero-order valence-corrected chi connectivity index (χ0v) is 19.8. The maximum Gasteiger partial charge on any atom is 0.410 e. The average Bonchev–Trinajstić information content (AvgIpc) is 2.66. The lowest BCUT2D eigenvalue weighted by molar-refractivity contribution is -0.159. The highest BCUT2D eigenvalue weighted by molar-refractivity contribution is 9.10. The van der Waals surface area contributed by atoms with Crippen molar-refractivity contribution in [1.82, 2.24) is 4.90 Å². The number of hydrogen-bond acceptors (Lipinski definition) is 5. The number of ether oxygens (including phenoxy) is 2. The highest BCUT2D eigenvalue weighted by atomic mass is 79.9. The molecule has 168 valence electrons. The van der Waals surface area contributed by atoms with Crippen molar-refractivity contribution >= 4 is 33.7 Å². The van der Waals surface area contributed by atoms with E-state index >= 15 is 0 Å². The molecule has 1 N–H and O–H groups in total. The predicted molar refractivity (Wildman–Crippen MR) is 118 cm³/mol. The van der Waals surface area contributed by atoms with Crippen LogP contribution in [0.2, 0.25) is 0 Å². The molecule has 0 radical (unpaired) electrons. The summed E-state index contributed by atoms with van der Waals surface area (Å²) in [6, 6.07) is 4.87. The molecule has 1 aliphatic heterocycles. The molecule has 0 atom stereocenters. The summed E-state index contributed by atoms with van der Waals surface area (Å²) in [5.41, 5.74) is -0.752. The molecule has 6 nitrogen and oxygen atoms in total. The van der Waals surface area contributed by atoms with Gasteiger partial charge in [-0.1, -0.05) is 15.9 Å². The summed E-state index contributed by atoms with van der Waals surface area (Å²) in [7, 11) is 0. The number of piperidine rings is 1. The Labute approximate surface area is 186 Å². The van der Waals surface area contributed by atoms with E-state index in [1.165, 1.54) is 6.07 Å². The summed E-state index contributed by atoms with van der Waals surface area (Å²) in [6.45, 7) is 9.04. The summed E-state index contributed by atoms with van der Waals surface area (Å²) in [5, 5.41) is 3.09. The molecular formula is C22H32BrFN2O4. The number of amides is 1. The van der Waals surface area contributed by atoms with Gasteiger partial charge in [0.05, 0.1) is 17.7 Å². The van der Waals surface area contributed by atoms with Crippen molar-refractivity contribution in [2.75, 3.05) is 31.6 Å². The number of rotatable bonds is 7. The lowest BCUT2D eigenvalue weighted by Crippen LogP contribution is -2.48. The van der Waals surface area contributed by atoms with Crippen LogP contribution in [-0.4, -0.2) is 48.8 Å². The molecule has 2 rings (SSSR count). The molecule has 1 fully saturated rings. The Morgan fingerprint density at radius 1 is 1.27 bits per heavy atom. The van der Waals surface area contributed by atoms with Gasteiger partial charge in [-0.25, -0.2) is 9.18 Å². The van der Waals surface area contributed by atoms with E-state index in [1.807, 2.05) is 20.8 Å². The third-order valence-electron chi connectivity index (χ3n) is 5.16. The summed E-state index contributed by atoms with van der Waals surface area (Å²) < 4.78 is 25.4. The van der Waals surface area contributed by atoms with E-state index in [9.17, 15) is 14.0 Å². The van der Waals surface area contributed by atoms with Crippen LogP contribution in [0.15, 0.2) is 22.7 Å². The van der Waals surface area contributed by atoms with Crippen molar-refractivity contribution in [3.8, 4) is 0 Å². The monoisotopic (exact) mass is 486 g/mol. The van der Waals surface area contributed by atoms with E-state index in [1.54, 1.807) is 24.0 Å². The number of benzene rings is 1. The van der Waals surface area contributed by atoms with Gasteiger partial charge in [0.1, 0.15) is 11.4 Å². The van der Waals surface area contributed by atoms with Gasteiger partial charge in [0, 0.05) is 24.1 Å². The molecule has 0 aliphatic carbocycles. The van der Waals surface area contributed by atoms with E-state index in [0.29, 0.717) is 62.1 Å². The molecule has 0 unspecified atom stereocenters. The first-order valence-corrected chi connectivity index (χ1v) is 11.2. The highest BCUT2D eigenvalue weighted by Crippen LogP contribution is 2.38. The minimum absolute atomic E-state index is 0.219. The van der Waals surface area contributed by atoms with Gasteiger partial charge in [-0.3, -0.25) is 4.79 Å². The molecule has 0 aromatic heterocycles. The quantitative estimate of drug-likeness (QED) is 0.414. The molecule has 1 heterocycles. The molecule has 1 saturated heterocycles. The fourth-order valence-corrected chi connectivity index (χ4v) is 3.90. The smallest absolute Gasteiger partial charge is 0.410 e. The Morgan fingerprint density at radius 2 is 1.93 bits per heavy atom. The summed E-state index contributed by atoms with van der Waals surface area (Å²) in [6.07, 6.45) is 1.99. The van der Waals surface area contributed by atoms with Gasteiger partial charge in [-0.2, -0.15) is 0 Å². The predicted octanol–water partition coefficient (Wildman–Crippen LogP) is 5.36. The first kappa shape index (κ1) is 24.4. The number of likely N-dealkylation sites (tertiary alicyclic amines) is 1. The van der Waals surface area contributed by atoms with Crippen molar-refractivity contribution in [2.24, 2.45) is 5.41 Å². The number of anilines is 1. The summed E-state index contributed by atoms with van der Waals surface area (Å²) in [5.74, 6) is -0.543. The molecule has 0 spiro atoms. The first-order valence-electron chi connectivity index (χ1n) is 10.4. The number of nitrogens with zero attached hydrogens (tertiary/aromatic N) is 1. The molecule has 0 bridgehead atoms. The van der Waals surface area contributed by atoms with Gasteiger partial charge < -0.3 is 19.7 Å². The number of nitrogens with one attached hydrogen (secondary N) is 1. The number of carbonyl (C=O) groups is 2. The largest absolute Gasteiger partial charge is 0.466 e. The second kappa shape index (κ2) is 10.5. The van der Waals surface area contributed by atoms with Crippen molar-refractivity contribution in [3.63, 3.8) is 0 Å². The normalized spacial score (nSPS) is 16.1. The third-order valence-corrected chi connectivity index (χ3v) is 5.65. The van der Waals surface area contributed by atoms with Gasteiger partial charge in [-0.05, 0) is 71.6 Å². The van der Waals surface area contributed by atoms with E-state index in [-0.39, 0.29) is 17.9 Å². The minimum atomic E-state index is -0.630. The average molecular weight is 487 g/mol. The van der Waals surface area contributed by atoms with E-state index in [4.69, 9.17) is 9.47 Å². The summed E-state index contributed by atoms with van der Waals surface area (Å²) >= 11 is 3.24. The highest BCUT2D eigenvalue weighted by Gasteiger charge is 2.43. The van der Waals surface area contributed by atoms with Gasteiger partial charge in [0.15, 0.2) is 0 Å². The van der Waals surface area contributed by atoms with Gasteiger partial charge >= 0.3 is 12.1 Å². The molecular weight excluding hydrogens is 455 g/mol. The maximum atomic E-state index is 14.0. The lowest BCUT2D eigenvalue weighted by atomic mass is 9.74. The first-order chi connectivity index (χ1) is 14.1. The van der Waals surface area contributed by atoms with Crippen LogP contribution in [0.5, 0.6) is 0 Å². The second-order valence-corrected chi connectivity index (χ2v) is 9.54. The topological polar surface area (TPSA) is 67.9 Å². The van der Waals surface area contributed by atoms with E-state index in [0.717, 1.165) is 0 Å². The van der Waals surface area contributed by atoms with Crippen LogP contribution in [0.4, 0.5) is 14.9 Å². The minimum Gasteiger partial charge on any atom is -0.466 e. The van der Waals surface area contributed by atoms with E-state index < -0.39 is 11.0 Å². The van der Waals surface area contributed by atoms with Gasteiger partial charge in [0.25, 0.3) is 0 Å². The molecule has 1 amide bonds. The zero-order valence-electron chi connectivity index (χ0n) is 18.2. The van der Waals surface area contributed by atoms with Crippen LogP contribution in [0.3, 0.4) is 0 Å². The van der Waals surface area contributed by atoms with Gasteiger partial charge in [0.2, 0.25) is 0 Å². The maximum absolute atomic E-state index is 14.0. The Bertz CT molecular complexity index is 743. The van der Waals surface area contributed by atoms with Crippen LogP contribution >= 0.6 is 15.9 Å². The van der Waals surface area contributed by atoms with Crippen LogP contribution in [-0.2, 0) is 14.3 Å². The number of hydrogen-bond donors (Lipinski definition) is 1. The molecule has 30 heavy (non-hydrogen) atoms. The lowest BCUT2D eigenvalue weighted by Gasteiger charge is -2.40. The van der Waals surface area contributed by atoms with E-state index in [2.05, 4.69) is 21.2 Å². The molecule has 0 saturated carbocycles. The number of halogens is 2. The Kier molecular flexibility index (Phi) is 8.52. The number of esters is 1. The molecule has 1 aliphatic rings. The van der Waals surface area contributed by atoms with Crippen molar-refractivity contribution in [1.29, 1.82) is 0 Å². The summed E-state index contributed by atoms with van der Waals surface area (Å²) in [4.78, 5) is 26.7. The second-order valence-electron chi connectivity index (χ2n) is 8.62. The fraction of sp³-hybridized carbons (Fsp3) is 0.636. The van der Waals surface area contributed by atoms with Crippen molar-refractivity contribution in [3.05, 3.63) is 28.5 Å². The van der Waals surface area contributed by atoms with Crippen LogP contribution in [0, 0.1) is 11.2 Å². The fourth-order valence-electron chi connectivity index (χ4n) is 3.57. The van der Waals surface area contributed by atoms with Crippen molar-refractivity contribution < 1.29 is 23.5 Å². The van der Waals surface area contributed by atoms with Crippen LogP contribution in [0.1, 0.15) is 53.4 Å². The third kappa shape index (κ3) is 6.86. The number of carbonyl (C=O) groups excluding carboxylic acids is 2. The van der Waals surface area contributed by atoms with Crippen LogP contribution in [0.25, 0.3) is 0 Å². The van der Waals surface area contributed by atoms with Gasteiger partial charge in [-0.15, -0.1) is 0 Å². The Hall–Kier alpha value is -1.83. The van der Waals surface area contributed by atoms with Crippen molar-refractivity contribution in [2.45, 2.75) is 59.0 Å². The Balaban J connectivity index is 1.94. The zero-order chi connectivity index (χ0) is 22.4. The standard InChI is InChI=1S/C22H32BrFN2O4/c1-5-29-19(27)22(9-6-12-25-18-8-7-16(23)15-17(18)24)10-13-26(14-11-22)20(28)30-21(2,3)4/h7-8,15,25H,5-6,9-14H2,1-4H3.